The highest BCUT2D eigenvalue weighted by Gasteiger charge is 2.38. The molecule has 1 aromatic carbocycles. The molecule has 1 heterocycles. The molecular weight excluding hydrogens is 338 g/mol. The first kappa shape index (κ1) is 18.1. The molecular formula is C15H21NO5S2. The van der Waals surface area contributed by atoms with Gasteiger partial charge in [-0.3, -0.25) is 4.79 Å². The fraction of sp³-hybridized carbons (Fsp3) is 0.533. The van der Waals surface area contributed by atoms with Gasteiger partial charge in [0.1, 0.15) is 11.8 Å². The number of hydrogen-bond acceptors (Lipinski definition) is 6. The summed E-state index contributed by atoms with van der Waals surface area (Å²) in [6.45, 7) is 0.238. The van der Waals surface area contributed by atoms with E-state index in [0.717, 1.165) is 0 Å². The van der Waals surface area contributed by atoms with Gasteiger partial charge in [-0.05, 0) is 43.5 Å². The van der Waals surface area contributed by atoms with Crippen molar-refractivity contribution in [1.82, 2.24) is 4.31 Å². The molecule has 2 atom stereocenters. The summed E-state index contributed by atoms with van der Waals surface area (Å²) in [5, 5.41) is 0.0678. The minimum absolute atomic E-state index is 0.0678. The molecule has 128 valence electrons. The van der Waals surface area contributed by atoms with Crippen LogP contribution in [0.2, 0.25) is 0 Å². The van der Waals surface area contributed by atoms with Gasteiger partial charge in [0.05, 0.1) is 19.1 Å². The van der Waals surface area contributed by atoms with Crippen LogP contribution in [0, 0.1) is 0 Å². The number of thiol groups is 1. The SMILES string of the molecule is COC(=O)C1CCC(S)CCN1S(=O)(=O)c1ccc(OC)cc1. The van der Waals surface area contributed by atoms with E-state index >= 15 is 0 Å². The number of esters is 1. The fourth-order valence-electron chi connectivity index (χ4n) is 2.61. The van der Waals surface area contributed by atoms with E-state index < -0.39 is 22.0 Å². The molecule has 6 nitrogen and oxygen atoms in total. The first-order chi connectivity index (χ1) is 10.9. The maximum Gasteiger partial charge on any atom is 0.324 e. The molecule has 0 aromatic heterocycles. The van der Waals surface area contributed by atoms with Crippen molar-refractivity contribution in [1.29, 1.82) is 0 Å². The Bertz CT molecular complexity index is 644. The Hall–Kier alpha value is -1.25. The standard InChI is InChI=1S/C15H21NO5S2/c1-20-11-3-6-13(7-4-11)23(18,19)16-10-9-12(22)5-8-14(16)15(17)21-2/h3-4,6-7,12,14,22H,5,8-10H2,1-2H3. The molecule has 0 saturated carbocycles. The molecule has 0 spiro atoms. The zero-order chi connectivity index (χ0) is 17.0. The van der Waals surface area contributed by atoms with Gasteiger partial charge in [-0.1, -0.05) is 0 Å². The lowest BCUT2D eigenvalue weighted by molar-refractivity contribution is -0.145. The average molecular weight is 359 g/mol. The van der Waals surface area contributed by atoms with E-state index in [4.69, 9.17) is 9.47 Å². The van der Waals surface area contributed by atoms with E-state index in [9.17, 15) is 13.2 Å². The minimum atomic E-state index is -3.80. The molecule has 0 N–H and O–H groups in total. The van der Waals surface area contributed by atoms with Crippen molar-refractivity contribution >= 4 is 28.6 Å². The van der Waals surface area contributed by atoms with Gasteiger partial charge < -0.3 is 9.47 Å². The topological polar surface area (TPSA) is 72.9 Å². The summed E-state index contributed by atoms with van der Waals surface area (Å²) in [7, 11) is -1.02. The lowest BCUT2D eigenvalue weighted by Crippen LogP contribution is -2.45. The maximum atomic E-state index is 12.9. The molecule has 0 amide bonds. The zero-order valence-corrected chi connectivity index (χ0v) is 14.8. The van der Waals surface area contributed by atoms with E-state index in [2.05, 4.69) is 12.6 Å². The number of ether oxygens (including phenoxy) is 2. The number of carbonyl (C=O) groups is 1. The number of methoxy groups -OCH3 is 2. The van der Waals surface area contributed by atoms with Gasteiger partial charge in [0.15, 0.2) is 0 Å². The van der Waals surface area contributed by atoms with Gasteiger partial charge in [-0.15, -0.1) is 0 Å². The number of carbonyl (C=O) groups excluding carboxylic acids is 1. The second kappa shape index (κ2) is 7.55. The van der Waals surface area contributed by atoms with Crippen LogP contribution in [0.15, 0.2) is 29.2 Å². The summed E-state index contributed by atoms with van der Waals surface area (Å²) >= 11 is 4.43. The molecule has 2 unspecified atom stereocenters. The van der Waals surface area contributed by atoms with Crippen LogP contribution in [-0.2, 0) is 19.6 Å². The van der Waals surface area contributed by atoms with Gasteiger partial charge in [0.25, 0.3) is 0 Å². The Labute approximate surface area is 142 Å². The molecule has 23 heavy (non-hydrogen) atoms. The molecule has 1 aliphatic rings. The number of hydrogen-bond donors (Lipinski definition) is 1. The maximum absolute atomic E-state index is 12.9. The van der Waals surface area contributed by atoms with Crippen molar-refractivity contribution in [3.63, 3.8) is 0 Å². The third-order valence-corrected chi connectivity index (χ3v) is 6.38. The molecule has 1 fully saturated rings. The van der Waals surface area contributed by atoms with Crippen LogP contribution in [-0.4, -0.2) is 50.7 Å². The van der Waals surface area contributed by atoms with Crippen LogP contribution in [0.4, 0.5) is 0 Å². The molecule has 1 saturated heterocycles. The number of sulfonamides is 1. The van der Waals surface area contributed by atoms with Crippen LogP contribution in [0.25, 0.3) is 0 Å². The van der Waals surface area contributed by atoms with Crippen molar-refractivity contribution in [3.8, 4) is 5.75 Å². The monoisotopic (exact) mass is 359 g/mol. The van der Waals surface area contributed by atoms with Gasteiger partial charge in [0.2, 0.25) is 10.0 Å². The highest BCUT2D eigenvalue weighted by Crippen LogP contribution is 2.28. The fourth-order valence-corrected chi connectivity index (χ4v) is 4.50. The van der Waals surface area contributed by atoms with E-state index in [-0.39, 0.29) is 16.7 Å². The van der Waals surface area contributed by atoms with E-state index in [1.54, 1.807) is 12.1 Å². The highest BCUT2D eigenvalue weighted by molar-refractivity contribution is 7.89. The van der Waals surface area contributed by atoms with Crippen molar-refractivity contribution in [2.24, 2.45) is 0 Å². The lowest BCUT2D eigenvalue weighted by Gasteiger charge is -2.27. The largest absolute Gasteiger partial charge is 0.497 e. The van der Waals surface area contributed by atoms with E-state index in [0.29, 0.717) is 25.0 Å². The summed E-state index contributed by atoms with van der Waals surface area (Å²) in [5.41, 5.74) is 0. The Kier molecular flexibility index (Phi) is 5.94. The smallest absolute Gasteiger partial charge is 0.324 e. The predicted molar refractivity (Wildman–Crippen MR) is 89.3 cm³/mol. The number of benzene rings is 1. The summed E-state index contributed by atoms with van der Waals surface area (Å²) in [5.74, 6) is 0.0317. The van der Waals surface area contributed by atoms with Crippen molar-refractivity contribution in [2.75, 3.05) is 20.8 Å². The molecule has 8 heteroatoms. The molecule has 1 aliphatic heterocycles. The zero-order valence-electron chi connectivity index (χ0n) is 13.1. The quantitative estimate of drug-likeness (QED) is 0.654. The molecule has 0 radical (unpaired) electrons. The van der Waals surface area contributed by atoms with Crippen molar-refractivity contribution in [3.05, 3.63) is 24.3 Å². The third-order valence-electron chi connectivity index (χ3n) is 3.94. The Balaban J connectivity index is 2.37. The molecule has 0 aliphatic carbocycles. The summed E-state index contributed by atoms with van der Waals surface area (Å²) in [4.78, 5) is 12.2. The number of rotatable bonds is 4. The van der Waals surface area contributed by atoms with Crippen LogP contribution in [0.5, 0.6) is 5.75 Å². The Morgan fingerprint density at radius 1 is 1.17 bits per heavy atom. The van der Waals surface area contributed by atoms with Crippen LogP contribution < -0.4 is 4.74 Å². The summed E-state index contributed by atoms with van der Waals surface area (Å²) < 4.78 is 36.9. The van der Waals surface area contributed by atoms with Crippen LogP contribution in [0.1, 0.15) is 19.3 Å². The van der Waals surface area contributed by atoms with Gasteiger partial charge in [-0.2, -0.15) is 16.9 Å². The average Bonchev–Trinajstić information content (AvgIpc) is 2.76. The minimum Gasteiger partial charge on any atom is -0.497 e. The Morgan fingerprint density at radius 2 is 1.83 bits per heavy atom. The molecule has 1 aromatic rings. The van der Waals surface area contributed by atoms with Gasteiger partial charge >= 0.3 is 5.97 Å². The van der Waals surface area contributed by atoms with E-state index in [1.807, 2.05) is 0 Å². The van der Waals surface area contributed by atoms with Crippen LogP contribution >= 0.6 is 12.6 Å². The van der Waals surface area contributed by atoms with Gasteiger partial charge in [-0.25, -0.2) is 8.42 Å². The normalized spacial score (nSPS) is 23.1. The predicted octanol–water partition coefficient (Wildman–Crippen LogP) is 1.71. The first-order valence-corrected chi connectivity index (χ1v) is 9.27. The van der Waals surface area contributed by atoms with E-state index in [1.165, 1.54) is 30.7 Å². The van der Waals surface area contributed by atoms with Crippen molar-refractivity contribution in [2.45, 2.75) is 35.4 Å². The summed E-state index contributed by atoms with van der Waals surface area (Å²) in [6.07, 6.45) is 1.65. The first-order valence-electron chi connectivity index (χ1n) is 7.32. The van der Waals surface area contributed by atoms with Crippen molar-refractivity contribution < 1.29 is 22.7 Å². The second-order valence-electron chi connectivity index (χ2n) is 5.35. The highest BCUT2D eigenvalue weighted by atomic mass is 32.2. The number of nitrogens with zero attached hydrogens (tertiary/aromatic N) is 1. The molecule has 2 rings (SSSR count). The lowest BCUT2D eigenvalue weighted by atomic mass is 10.1. The Morgan fingerprint density at radius 3 is 2.39 bits per heavy atom. The van der Waals surface area contributed by atoms with Gasteiger partial charge in [0, 0.05) is 11.8 Å². The third kappa shape index (κ3) is 3.99. The molecule has 0 bridgehead atoms. The van der Waals surface area contributed by atoms with Crippen LogP contribution in [0.3, 0.4) is 0 Å². The summed E-state index contributed by atoms with van der Waals surface area (Å²) in [6, 6.07) is 5.31. The second-order valence-corrected chi connectivity index (χ2v) is 7.97.